The van der Waals surface area contributed by atoms with Gasteiger partial charge in [0.1, 0.15) is 24.7 Å². The van der Waals surface area contributed by atoms with Gasteiger partial charge in [0, 0.05) is 15.6 Å². The van der Waals surface area contributed by atoms with E-state index in [-0.39, 0.29) is 5.70 Å². The van der Waals surface area contributed by atoms with Gasteiger partial charge in [-0.05, 0) is 48.5 Å². The molecule has 150 valence electrons. The van der Waals surface area contributed by atoms with E-state index < -0.39 is 5.97 Å². The van der Waals surface area contributed by atoms with Crippen molar-refractivity contribution in [2.45, 2.75) is 0 Å². The maximum absolute atomic E-state index is 12.3. The molecule has 0 radical (unpaired) electrons. The number of halogens is 1. The van der Waals surface area contributed by atoms with Crippen LogP contribution in [0.4, 0.5) is 0 Å². The quantitative estimate of drug-likeness (QED) is 0.272. The Morgan fingerprint density at radius 3 is 2.37 bits per heavy atom. The normalized spacial score (nSPS) is 14.4. The topological polar surface area (TPSA) is 57.1 Å². The molecule has 0 bridgehead atoms. The molecule has 0 saturated heterocycles. The molecule has 1 heterocycles. The third-order valence-corrected chi connectivity index (χ3v) is 4.75. The number of aliphatic imine (C=N–C) groups is 1. The Kier molecular flexibility index (Phi) is 6.25. The number of carbonyl (C=O) groups is 1. The zero-order valence-electron chi connectivity index (χ0n) is 16.0. The van der Waals surface area contributed by atoms with Crippen molar-refractivity contribution in [1.29, 1.82) is 0 Å². The minimum atomic E-state index is -0.493. The fourth-order valence-corrected chi connectivity index (χ4v) is 3.23. The molecular weight excluding hydrogens is 446 g/mol. The van der Waals surface area contributed by atoms with Gasteiger partial charge in [-0.25, -0.2) is 9.79 Å². The molecule has 0 atom stereocenters. The molecule has 0 aromatic heterocycles. The molecule has 0 fully saturated rings. The Balaban J connectivity index is 1.49. The molecule has 3 aromatic carbocycles. The van der Waals surface area contributed by atoms with Gasteiger partial charge < -0.3 is 14.2 Å². The summed E-state index contributed by atoms with van der Waals surface area (Å²) in [6.45, 7) is 0.754. The monoisotopic (exact) mass is 463 g/mol. The molecule has 0 saturated carbocycles. The largest absolute Gasteiger partial charge is 0.490 e. The number of nitrogens with zero attached hydrogens (tertiary/aromatic N) is 1. The third kappa shape index (κ3) is 4.96. The van der Waals surface area contributed by atoms with Crippen molar-refractivity contribution < 1.29 is 19.0 Å². The Morgan fingerprint density at radius 1 is 0.900 bits per heavy atom. The van der Waals surface area contributed by atoms with E-state index in [9.17, 15) is 4.79 Å². The molecule has 0 N–H and O–H groups in total. The SMILES string of the molecule is O=C1OC(c2ccccc2)=N/C1=C\c1cc(Br)ccc1OCCOc1ccccc1. The predicted octanol–water partition coefficient (Wildman–Crippen LogP) is 5.25. The second-order valence-electron chi connectivity index (χ2n) is 6.39. The van der Waals surface area contributed by atoms with E-state index in [4.69, 9.17) is 14.2 Å². The molecule has 1 aliphatic heterocycles. The van der Waals surface area contributed by atoms with E-state index in [0.29, 0.717) is 30.4 Å². The molecule has 4 rings (SSSR count). The second-order valence-corrected chi connectivity index (χ2v) is 7.31. The molecule has 1 aliphatic rings. The first-order valence-electron chi connectivity index (χ1n) is 9.37. The summed E-state index contributed by atoms with van der Waals surface area (Å²) in [6, 6.07) is 24.4. The van der Waals surface area contributed by atoms with Gasteiger partial charge in [0.25, 0.3) is 0 Å². The highest BCUT2D eigenvalue weighted by Crippen LogP contribution is 2.28. The minimum absolute atomic E-state index is 0.220. The van der Waals surface area contributed by atoms with Gasteiger partial charge in [-0.2, -0.15) is 0 Å². The van der Waals surface area contributed by atoms with Crippen LogP contribution in [0.3, 0.4) is 0 Å². The van der Waals surface area contributed by atoms with Crippen LogP contribution in [0.2, 0.25) is 0 Å². The number of ether oxygens (including phenoxy) is 3. The standard InChI is InChI=1S/C24H18BrNO4/c25-19-11-12-22(29-14-13-28-20-9-5-2-6-10-20)18(15-19)16-21-24(27)30-23(26-21)17-7-3-1-4-8-17/h1-12,15-16H,13-14H2/b21-16-. The van der Waals surface area contributed by atoms with Crippen LogP contribution in [0.1, 0.15) is 11.1 Å². The summed E-state index contributed by atoms with van der Waals surface area (Å²) >= 11 is 3.46. The van der Waals surface area contributed by atoms with Gasteiger partial charge >= 0.3 is 5.97 Å². The average molecular weight is 464 g/mol. The fourth-order valence-electron chi connectivity index (χ4n) is 2.85. The van der Waals surface area contributed by atoms with Crippen LogP contribution in [0.25, 0.3) is 6.08 Å². The average Bonchev–Trinajstić information content (AvgIpc) is 3.14. The number of rotatable bonds is 7. The number of cyclic esters (lactones) is 1. The highest BCUT2D eigenvalue weighted by Gasteiger charge is 2.24. The first kappa shape index (κ1) is 19.9. The van der Waals surface area contributed by atoms with Gasteiger partial charge in [-0.15, -0.1) is 0 Å². The lowest BCUT2D eigenvalue weighted by atomic mass is 10.1. The first-order valence-corrected chi connectivity index (χ1v) is 10.2. The van der Waals surface area contributed by atoms with Crippen LogP contribution < -0.4 is 9.47 Å². The maximum Gasteiger partial charge on any atom is 0.363 e. The van der Waals surface area contributed by atoms with Crippen LogP contribution in [0.5, 0.6) is 11.5 Å². The van der Waals surface area contributed by atoms with Crippen molar-refractivity contribution in [2.75, 3.05) is 13.2 Å². The zero-order chi connectivity index (χ0) is 20.8. The predicted molar refractivity (Wildman–Crippen MR) is 119 cm³/mol. The summed E-state index contributed by atoms with van der Waals surface area (Å²) in [5, 5.41) is 0. The number of esters is 1. The smallest absolute Gasteiger partial charge is 0.363 e. The Hall–Kier alpha value is -3.38. The molecule has 0 unspecified atom stereocenters. The van der Waals surface area contributed by atoms with Gasteiger partial charge in [0.15, 0.2) is 5.70 Å². The summed E-state index contributed by atoms with van der Waals surface area (Å²) in [5.74, 6) is 1.21. The molecule has 0 aliphatic carbocycles. The number of benzene rings is 3. The summed E-state index contributed by atoms with van der Waals surface area (Å²) in [7, 11) is 0. The molecule has 30 heavy (non-hydrogen) atoms. The van der Waals surface area contributed by atoms with Gasteiger partial charge in [-0.3, -0.25) is 0 Å². The van der Waals surface area contributed by atoms with Crippen molar-refractivity contribution in [3.8, 4) is 11.5 Å². The van der Waals surface area contributed by atoms with Crippen LogP contribution in [-0.4, -0.2) is 25.1 Å². The Bertz CT molecular complexity index is 1090. The molecule has 6 heteroatoms. The van der Waals surface area contributed by atoms with Crippen LogP contribution >= 0.6 is 15.9 Å². The van der Waals surface area contributed by atoms with Crippen molar-refractivity contribution in [3.63, 3.8) is 0 Å². The van der Waals surface area contributed by atoms with Crippen LogP contribution in [-0.2, 0) is 9.53 Å². The van der Waals surface area contributed by atoms with Crippen molar-refractivity contribution in [2.24, 2.45) is 4.99 Å². The fraction of sp³-hybridized carbons (Fsp3) is 0.0833. The lowest BCUT2D eigenvalue weighted by Gasteiger charge is -2.11. The van der Waals surface area contributed by atoms with Gasteiger partial charge in [0.2, 0.25) is 5.90 Å². The summed E-state index contributed by atoms with van der Waals surface area (Å²) in [5.41, 5.74) is 1.68. The Labute approximate surface area is 182 Å². The van der Waals surface area contributed by atoms with Crippen LogP contribution in [0, 0.1) is 0 Å². The number of hydrogen-bond donors (Lipinski definition) is 0. The van der Waals surface area contributed by atoms with E-state index in [0.717, 1.165) is 15.8 Å². The van der Waals surface area contributed by atoms with E-state index in [1.807, 2.05) is 78.9 Å². The lowest BCUT2D eigenvalue weighted by Crippen LogP contribution is -2.09. The minimum Gasteiger partial charge on any atom is -0.490 e. The summed E-state index contributed by atoms with van der Waals surface area (Å²) in [4.78, 5) is 16.7. The molecular formula is C24H18BrNO4. The maximum atomic E-state index is 12.3. The van der Waals surface area contributed by atoms with Crippen molar-refractivity contribution in [1.82, 2.24) is 0 Å². The summed E-state index contributed by atoms with van der Waals surface area (Å²) in [6.07, 6.45) is 1.66. The highest BCUT2D eigenvalue weighted by atomic mass is 79.9. The van der Waals surface area contributed by atoms with E-state index in [1.54, 1.807) is 6.08 Å². The lowest BCUT2D eigenvalue weighted by molar-refractivity contribution is -0.129. The van der Waals surface area contributed by atoms with Crippen LogP contribution in [0.15, 0.2) is 94.0 Å². The second kappa shape index (κ2) is 9.41. The highest BCUT2D eigenvalue weighted by molar-refractivity contribution is 9.10. The third-order valence-electron chi connectivity index (χ3n) is 4.26. The number of carbonyl (C=O) groups excluding carboxylic acids is 1. The molecule has 0 spiro atoms. The van der Waals surface area contributed by atoms with Gasteiger partial charge in [0.05, 0.1) is 0 Å². The number of hydrogen-bond acceptors (Lipinski definition) is 5. The van der Waals surface area contributed by atoms with E-state index >= 15 is 0 Å². The van der Waals surface area contributed by atoms with Crippen molar-refractivity contribution >= 4 is 33.9 Å². The van der Waals surface area contributed by atoms with E-state index in [2.05, 4.69) is 20.9 Å². The van der Waals surface area contributed by atoms with E-state index in [1.165, 1.54) is 0 Å². The summed E-state index contributed by atoms with van der Waals surface area (Å²) < 4.78 is 17.7. The zero-order valence-corrected chi connectivity index (χ0v) is 17.5. The molecule has 0 amide bonds. The Morgan fingerprint density at radius 2 is 1.60 bits per heavy atom. The molecule has 5 nitrogen and oxygen atoms in total. The molecule has 3 aromatic rings. The van der Waals surface area contributed by atoms with Crippen molar-refractivity contribution in [3.05, 3.63) is 100 Å². The first-order chi connectivity index (χ1) is 14.7. The van der Waals surface area contributed by atoms with Gasteiger partial charge in [-0.1, -0.05) is 52.3 Å². The number of para-hydroxylation sites is 1.